The number of carbonyl (C=O) groups excluding carboxylic acids is 2. The van der Waals surface area contributed by atoms with Crippen molar-refractivity contribution in [1.82, 2.24) is 10.2 Å². The van der Waals surface area contributed by atoms with Crippen molar-refractivity contribution in [3.05, 3.63) is 106 Å². The Kier molecular flexibility index (Phi) is 8.40. The van der Waals surface area contributed by atoms with Crippen LogP contribution >= 0.6 is 11.6 Å². The molecular weight excluding hydrogens is 427 g/mol. The Balaban J connectivity index is 1.95. The van der Waals surface area contributed by atoms with Crippen molar-refractivity contribution in [2.75, 3.05) is 6.54 Å². The van der Waals surface area contributed by atoms with E-state index in [2.05, 4.69) is 5.32 Å². The van der Waals surface area contributed by atoms with Crippen LogP contribution < -0.4 is 5.32 Å². The lowest BCUT2D eigenvalue weighted by Gasteiger charge is -2.32. The van der Waals surface area contributed by atoms with Crippen LogP contribution in [0.5, 0.6) is 0 Å². The molecule has 0 aliphatic rings. The molecule has 0 heterocycles. The van der Waals surface area contributed by atoms with Gasteiger partial charge in [0.15, 0.2) is 0 Å². The minimum Gasteiger partial charge on any atom is -0.355 e. The van der Waals surface area contributed by atoms with Gasteiger partial charge in [0.2, 0.25) is 11.8 Å². The van der Waals surface area contributed by atoms with Gasteiger partial charge in [0.1, 0.15) is 11.9 Å². The molecule has 3 rings (SSSR count). The van der Waals surface area contributed by atoms with E-state index in [1.165, 1.54) is 12.1 Å². The van der Waals surface area contributed by atoms with Crippen LogP contribution in [-0.2, 0) is 29.0 Å². The van der Waals surface area contributed by atoms with Gasteiger partial charge in [0, 0.05) is 24.5 Å². The highest BCUT2D eigenvalue weighted by Crippen LogP contribution is 2.21. The number of nitrogens with one attached hydrogen (secondary N) is 1. The monoisotopic (exact) mass is 452 g/mol. The number of benzene rings is 3. The van der Waals surface area contributed by atoms with Crippen LogP contribution in [0.4, 0.5) is 4.39 Å². The minimum absolute atomic E-state index is 0.0510. The highest BCUT2D eigenvalue weighted by atomic mass is 35.5. The smallest absolute Gasteiger partial charge is 0.243 e. The highest BCUT2D eigenvalue weighted by Gasteiger charge is 2.30. The van der Waals surface area contributed by atoms with Gasteiger partial charge in [-0.3, -0.25) is 9.59 Å². The number of hydrogen-bond donors (Lipinski definition) is 1. The summed E-state index contributed by atoms with van der Waals surface area (Å²) in [6.45, 7) is 2.49. The summed E-state index contributed by atoms with van der Waals surface area (Å²) in [5.41, 5.74) is 2.38. The molecule has 3 aromatic carbocycles. The molecule has 0 radical (unpaired) electrons. The first-order chi connectivity index (χ1) is 15.5. The predicted molar refractivity (Wildman–Crippen MR) is 125 cm³/mol. The van der Waals surface area contributed by atoms with Gasteiger partial charge in [-0.1, -0.05) is 72.3 Å². The molecule has 0 aliphatic heterocycles. The number of rotatable bonds is 9. The molecule has 32 heavy (non-hydrogen) atoms. The van der Waals surface area contributed by atoms with Gasteiger partial charge in [-0.15, -0.1) is 0 Å². The minimum atomic E-state index is -0.721. The summed E-state index contributed by atoms with van der Waals surface area (Å²) >= 11 is 6.38. The fourth-order valence-corrected chi connectivity index (χ4v) is 3.73. The van der Waals surface area contributed by atoms with Crippen molar-refractivity contribution in [3.63, 3.8) is 0 Å². The Morgan fingerprint density at radius 3 is 2.25 bits per heavy atom. The molecule has 0 bridgehead atoms. The standard InChI is InChI=1S/C26H26ClFN2O2/c1-2-29-26(32)24(16-19-8-4-3-5-9-19)30(18-21-10-6-7-11-23(21)27)25(31)17-20-12-14-22(28)15-13-20/h3-15,24H,2,16-18H2,1H3,(H,29,32)/t24-/m0/s1. The molecule has 0 unspecified atom stereocenters. The van der Waals surface area contributed by atoms with Crippen molar-refractivity contribution in [2.24, 2.45) is 0 Å². The van der Waals surface area contributed by atoms with E-state index in [0.29, 0.717) is 23.6 Å². The molecule has 0 saturated carbocycles. The van der Waals surface area contributed by atoms with Gasteiger partial charge >= 0.3 is 0 Å². The average Bonchev–Trinajstić information content (AvgIpc) is 2.79. The maximum absolute atomic E-state index is 13.5. The fraction of sp³-hybridized carbons (Fsp3) is 0.231. The molecule has 0 fully saturated rings. The highest BCUT2D eigenvalue weighted by molar-refractivity contribution is 6.31. The third-order valence-electron chi connectivity index (χ3n) is 5.19. The lowest BCUT2D eigenvalue weighted by Crippen LogP contribution is -2.51. The fourth-order valence-electron chi connectivity index (χ4n) is 3.53. The maximum Gasteiger partial charge on any atom is 0.243 e. The van der Waals surface area contributed by atoms with Crippen LogP contribution in [0.15, 0.2) is 78.9 Å². The van der Waals surface area contributed by atoms with E-state index in [9.17, 15) is 14.0 Å². The molecule has 1 N–H and O–H groups in total. The SMILES string of the molecule is CCNC(=O)[C@H](Cc1ccccc1)N(Cc1ccccc1Cl)C(=O)Cc1ccc(F)cc1. The average molecular weight is 453 g/mol. The van der Waals surface area contributed by atoms with E-state index in [0.717, 1.165) is 11.1 Å². The first kappa shape index (κ1) is 23.5. The maximum atomic E-state index is 13.5. The molecule has 0 aromatic heterocycles. The van der Waals surface area contributed by atoms with Gasteiger partial charge in [-0.05, 0) is 41.8 Å². The molecule has 3 aromatic rings. The summed E-state index contributed by atoms with van der Waals surface area (Å²) in [5.74, 6) is -0.821. The number of likely N-dealkylation sites (N-methyl/N-ethyl adjacent to an activating group) is 1. The van der Waals surface area contributed by atoms with Crippen LogP contribution in [0, 0.1) is 5.82 Å². The van der Waals surface area contributed by atoms with E-state index >= 15 is 0 Å². The van der Waals surface area contributed by atoms with Gasteiger partial charge in [0.25, 0.3) is 0 Å². The summed E-state index contributed by atoms with van der Waals surface area (Å²) in [6.07, 6.45) is 0.418. The first-order valence-corrected chi connectivity index (χ1v) is 10.9. The van der Waals surface area contributed by atoms with Gasteiger partial charge in [-0.25, -0.2) is 4.39 Å². The zero-order chi connectivity index (χ0) is 22.9. The van der Waals surface area contributed by atoms with Crippen molar-refractivity contribution in [1.29, 1.82) is 0 Å². The van der Waals surface area contributed by atoms with Gasteiger partial charge < -0.3 is 10.2 Å². The third kappa shape index (κ3) is 6.41. The lowest BCUT2D eigenvalue weighted by atomic mass is 10.0. The Hall–Kier alpha value is -3.18. The second kappa shape index (κ2) is 11.4. The molecule has 166 valence electrons. The van der Waals surface area contributed by atoms with E-state index in [1.807, 2.05) is 55.5 Å². The normalized spacial score (nSPS) is 11.6. The molecule has 0 saturated heterocycles. The van der Waals surface area contributed by atoms with E-state index < -0.39 is 6.04 Å². The second-order valence-corrected chi connectivity index (χ2v) is 7.92. The molecule has 0 aliphatic carbocycles. The third-order valence-corrected chi connectivity index (χ3v) is 5.56. The van der Waals surface area contributed by atoms with E-state index in [4.69, 9.17) is 11.6 Å². The summed E-state index contributed by atoms with van der Waals surface area (Å²) in [5, 5.41) is 3.39. The van der Waals surface area contributed by atoms with Crippen molar-refractivity contribution in [2.45, 2.75) is 32.4 Å². The van der Waals surface area contributed by atoms with Gasteiger partial charge in [-0.2, -0.15) is 0 Å². The van der Waals surface area contributed by atoms with Crippen LogP contribution in [0.25, 0.3) is 0 Å². The largest absolute Gasteiger partial charge is 0.355 e. The number of amides is 2. The summed E-state index contributed by atoms with van der Waals surface area (Å²) in [6, 6.07) is 22.0. The van der Waals surface area contributed by atoms with Crippen LogP contribution in [0.3, 0.4) is 0 Å². The summed E-state index contributed by atoms with van der Waals surface area (Å²) in [7, 11) is 0. The molecule has 6 heteroatoms. The lowest BCUT2D eigenvalue weighted by molar-refractivity contribution is -0.140. The van der Waals surface area contributed by atoms with Crippen LogP contribution in [-0.4, -0.2) is 29.3 Å². The summed E-state index contributed by atoms with van der Waals surface area (Å²) < 4.78 is 13.3. The topological polar surface area (TPSA) is 49.4 Å². The summed E-state index contributed by atoms with van der Waals surface area (Å²) in [4.78, 5) is 28.1. The Bertz CT molecular complexity index is 1040. The Labute approximate surface area is 193 Å². The number of hydrogen-bond acceptors (Lipinski definition) is 2. The first-order valence-electron chi connectivity index (χ1n) is 10.6. The Morgan fingerprint density at radius 1 is 0.938 bits per heavy atom. The second-order valence-electron chi connectivity index (χ2n) is 7.52. The van der Waals surface area contributed by atoms with Gasteiger partial charge in [0.05, 0.1) is 6.42 Å². The number of halogens is 2. The zero-order valence-electron chi connectivity index (χ0n) is 17.9. The van der Waals surface area contributed by atoms with E-state index in [1.54, 1.807) is 23.1 Å². The van der Waals surface area contributed by atoms with Crippen molar-refractivity contribution >= 4 is 23.4 Å². The Morgan fingerprint density at radius 2 is 1.59 bits per heavy atom. The number of nitrogens with zero attached hydrogens (tertiary/aromatic N) is 1. The molecule has 0 spiro atoms. The molecule has 4 nitrogen and oxygen atoms in total. The predicted octanol–water partition coefficient (Wildman–Crippen LogP) is 4.80. The molecular formula is C26H26ClFN2O2. The van der Waals surface area contributed by atoms with E-state index in [-0.39, 0.29) is 30.6 Å². The van der Waals surface area contributed by atoms with Crippen LogP contribution in [0.2, 0.25) is 5.02 Å². The molecule has 2 amide bonds. The zero-order valence-corrected chi connectivity index (χ0v) is 18.7. The molecule has 1 atom stereocenters. The quantitative estimate of drug-likeness (QED) is 0.507. The number of carbonyl (C=O) groups is 2. The van der Waals surface area contributed by atoms with Crippen LogP contribution in [0.1, 0.15) is 23.6 Å². The van der Waals surface area contributed by atoms with Crippen molar-refractivity contribution < 1.29 is 14.0 Å². The van der Waals surface area contributed by atoms with Crippen molar-refractivity contribution in [3.8, 4) is 0 Å².